The third kappa shape index (κ3) is 3.02. The van der Waals surface area contributed by atoms with E-state index in [-0.39, 0.29) is 11.5 Å². The Labute approximate surface area is 158 Å². The molecule has 1 aromatic carbocycles. The van der Waals surface area contributed by atoms with Crippen molar-refractivity contribution in [2.45, 2.75) is 6.42 Å². The Balaban J connectivity index is 1.72. The van der Waals surface area contributed by atoms with Crippen molar-refractivity contribution >= 4 is 59.0 Å². The van der Waals surface area contributed by atoms with E-state index in [4.69, 9.17) is 0 Å². The molecule has 0 bridgehead atoms. The zero-order chi connectivity index (χ0) is 18.3. The van der Waals surface area contributed by atoms with E-state index in [1.807, 2.05) is 44.4 Å². The summed E-state index contributed by atoms with van der Waals surface area (Å²) in [6.07, 6.45) is 0.918. The summed E-state index contributed by atoms with van der Waals surface area (Å²) in [6.45, 7) is 1.60. The van der Waals surface area contributed by atoms with Crippen molar-refractivity contribution in [1.82, 2.24) is 15.2 Å². The van der Waals surface area contributed by atoms with E-state index in [1.54, 1.807) is 0 Å². The van der Waals surface area contributed by atoms with Crippen molar-refractivity contribution in [1.29, 1.82) is 0 Å². The van der Waals surface area contributed by atoms with E-state index in [2.05, 4.69) is 15.2 Å². The van der Waals surface area contributed by atoms with E-state index < -0.39 is 0 Å². The minimum atomic E-state index is -0.0678. The quantitative estimate of drug-likeness (QED) is 0.516. The molecule has 2 N–H and O–H groups in total. The number of thiophene rings is 2. The maximum Gasteiger partial charge on any atom is 0.266 e. The van der Waals surface area contributed by atoms with Gasteiger partial charge in [0.2, 0.25) is 0 Å². The van der Waals surface area contributed by atoms with Crippen LogP contribution in [-0.2, 0) is 0 Å². The highest BCUT2D eigenvalue weighted by atomic mass is 32.2. The zero-order valence-electron chi connectivity index (χ0n) is 14.6. The molecule has 0 saturated heterocycles. The first kappa shape index (κ1) is 17.2. The van der Waals surface area contributed by atoms with Crippen LogP contribution >= 0.6 is 22.7 Å². The van der Waals surface area contributed by atoms with Gasteiger partial charge in [0.05, 0.1) is 8.89 Å². The van der Waals surface area contributed by atoms with Gasteiger partial charge in [0.1, 0.15) is 4.70 Å². The summed E-state index contributed by atoms with van der Waals surface area (Å²) in [6, 6.07) is 9.72. The number of fused-ring (bicyclic) bond motifs is 5. The lowest BCUT2D eigenvalue weighted by Gasteiger charge is -2.09. The first-order valence-corrected chi connectivity index (χ1v) is 10.1. The van der Waals surface area contributed by atoms with Crippen LogP contribution in [0, 0.1) is 0 Å². The molecule has 3 aromatic heterocycles. The number of aromatic amines is 1. The van der Waals surface area contributed by atoms with E-state index in [0.29, 0.717) is 11.4 Å². The highest BCUT2D eigenvalue weighted by molar-refractivity contribution is 7.42. The number of hydrogen-bond acceptors (Lipinski definition) is 5. The molecule has 0 radical (unpaired) electrons. The van der Waals surface area contributed by atoms with Crippen molar-refractivity contribution in [3.63, 3.8) is 0 Å². The SMILES string of the molecule is CN(C)CCCNC(=O)c1cc2c(s1)sc1c(=O)[nH]c3ccccc3c12. The van der Waals surface area contributed by atoms with E-state index >= 15 is 0 Å². The molecule has 0 saturated carbocycles. The molecule has 3 heterocycles. The van der Waals surface area contributed by atoms with Crippen LogP contribution in [-0.4, -0.2) is 43.0 Å². The van der Waals surface area contributed by atoms with Gasteiger partial charge in [-0.25, -0.2) is 0 Å². The number of carbonyl (C=O) groups excluding carboxylic acids is 1. The van der Waals surface area contributed by atoms with Crippen molar-refractivity contribution < 1.29 is 4.79 Å². The summed E-state index contributed by atoms with van der Waals surface area (Å²) in [4.78, 5) is 30.6. The Kier molecular flexibility index (Phi) is 4.52. The molecule has 0 fully saturated rings. The molecule has 0 aliphatic rings. The second-order valence-corrected chi connectivity index (χ2v) is 8.86. The number of hydrogen-bond donors (Lipinski definition) is 2. The van der Waals surface area contributed by atoms with Crippen LogP contribution in [0.25, 0.3) is 30.4 Å². The molecule has 134 valence electrons. The summed E-state index contributed by atoms with van der Waals surface area (Å²) in [5, 5.41) is 5.95. The molecule has 0 unspecified atom stereocenters. The van der Waals surface area contributed by atoms with E-state index in [1.165, 1.54) is 22.7 Å². The zero-order valence-corrected chi connectivity index (χ0v) is 16.2. The number of aromatic nitrogens is 1. The van der Waals surface area contributed by atoms with Gasteiger partial charge in [0.15, 0.2) is 0 Å². The lowest BCUT2D eigenvalue weighted by Crippen LogP contribution is -2.26. The van der Waals surface area contributed by atoms with E-state index in [9.17, 15) is 9.59 Å². The predicted molar refractivity (Wildman–Crippen MR) is 111 cm³/mol. The summed E-state index contributed by atoms with van der Waals surface area (Å²) in [5.74, 6) is -0.0422. The molecule has 7 heteroatoms. The molecule has 26 heavy (non-hydrogen) atoms. The third-order valence-corrected chi connectivity index (χ3v) is 6.76. The number of para-hydroxylation sites is 1. The van der Waals surface area contributed by atoms with Crippen LogP contribution in [0.2, 0.25) is 0 Å². The van der Waals surface area contributed by atoms with Crippen LogP contribution in [0.5, 0.6) is 0 Å². The lowest BCUT2D eigenvalue weighted by molar-refractivity contribution is 0.0956. The number of rotatable bonds is 5. The maximum absolute atomic E-state index is 12.4. The van der Waals surface area contributed by atoms with Gasteiger partial charge in [-0.3, -0.25) is 9.59 Å². The van der Waals surface area contributed by atoms with Crippen molar-refractivity contribution in [2.75, 3.05) is 27.2 Å². The molecular formula is C19H19N3O2S2. The fraction of sp³-hybridized carbons (Fsp3) is 0.263. The number of carbonyl (C=O) groups is 1. The summed E-state index contributed by atoms with van der Waals surface area (Å²) >= 11 is 2.92. The van der Waals surface area contributed by atoms with Gasteiger partial charge in [0, 0.05) is 28.2 Å². The fourth-order valence-electron chi connectivity index (χ4n) is 3.10. The number of nitrogens with one attached hydrogen (secondary N) is 2. The Morgan fingerprint density at radius 3 is 2.81 bits per heavy atom. The van der Waals surface area contributed by atoms with Gasteiger partial charge in [-0.1, -0.05) is 18.2 Å². The van der Waals surface area contributed by atoms with Crippen LogP contribution < -0.4 is 10.9 Å². The van der Waals surface area contributed by atoms with Crippen LogP contribution in [0.4, 0.5) is 0 Å². The molecule has 0 spiro atoms. The highest BCUT2D eigenvalue weighted by Crippen LogP contribution is 2.40. The van der Waals surface area contributed by atoms with Crippen molar-refractivity contribution in [3.8, 4) is 0 Å². The molecule has 5 nitrogen and oxygen atoms in total. The van der Waals surface area contributed by atoms with Gasteiger partial charge in [-0.2, -0.15) is 0 Å². The summed E-state index contributed by atoms with van der Waals surface area (Å²) < 4.78 is 1.74. The number of H-pyrrole nitrogens is 1. The Bertz CT molecular complexity index is 1170. The van der Waals surface area contributed by atoms with E-state index in [0.717, 1.165) is 43.4 Å². The molecular weight excluding hydrogens is 366 g/mol. The Morgan fingerprint density at radius 2 is 2.00 bits per heavy atom. The van der Waals surface area contributed by atoms with Gasteiger partial charge >= 0.3 is 0 Å². The molecule has 4 rings (SSSR count). The normalized spacial score (nSPS) is 11.8. The van der Waals surface area contributed by atoms with Crippen LogP contribution in [0.1, 0.15) is 16.1 Å². The highest BCUT2D eigenvalue weighted by Gasteiger charge is 2.17. The number of nitrogens with zero attached hydrogens (tertiary/aromatic N) is 1. The first-order valence-electron chi connectivity index (χ1n) is 8.44. The topological polar surface area (TPSA) is 65.2 Å². The smallest absolute Gasteiger partial charge is 0.266 e. The monoisotopic (exact) mass is 385 g/mol. The lowest BCUT2D eigenvalue weighted by atomic mass is 10.1. The molecule has 1 amide bonds. The largest absolute Gasteiger partial charge is 0.351 e. The second kappa shape index (κ2) is 6.83. The summed E-state index contributed by atoms with van der Waals surface area (Å²) in [7, 11) is 4.04. The van der Waals surface area contributed by atoms with Gasteiger partial charge in [-0.15, -0.1) is 22.7 Å². The van der Waals surface area contributed by atoms with Gasteiger partial charge in [0.25, 0.3) is 11.5 Å². The average molecular weight is 386 g/mol. The standard InChI is InChI=1S/C19H19N3O2S2/c1-22(2)9-5-8-20-17(23)14-10-12-15-11-6-3-4-7-13(11)21-18(24)16(15)26-19(12)25-14/h3-4,6-7,10H,5,8-9H2,1-2H3,(H,20,23)(H,21,24). The predicted octanol–water partition coefficient (Wildman–Crippen LogP) is 3.64. The second-order valence-electron chi connectivity index (χ2n) is 6.53. The number of pyridine rings is 1. The average Bonchev–Trinajstić information content (AvgIpc) is 3.17. The summed E-state index contributed by atoms with van der Waals surface area (Å²) in [5.41, 5.74) is 0.757. The minimum absolute atomic E-state index is 0.0422. The molecule has 0 atom stereocenters. The van der Waals surface area contributed by atoms with Crippen LogP contribution in [0.3, 0.4) is 0 Å². The minimum Gasteiger partial charge on any atom is -0.351 e. The maximum atomic E-state index is 12.4. The Morgan fingerprint density at radius 1 is 1.19 bits per heavy atom. The van der Waals surface area contributed by atoms with Gasteiger partial charge in [-0.05, 0) is 39.2 Å². The molecule has 4 aromatic rings. The number of benzene rings is 1. The van der Waals surface area contributed by atoms with Crippen molar-refractivity contribution in [2.24, 2.45) is 0 Å². The van der Waals surface area contributed by atoms with Crippen molar-refractivity contribution in [3.05, 3.63) is 45.6 Å². The molecule has 0 aliphatic carbocycles. The first-order chi connectivity index (χ1) is 12.5. The fourth-order valence-corrected chi connectivity index (χ4v) is 5.52. The van der Waals surface area contributed by atoms with Crippen LogP contribution in [0.15, 0.2) is 35.1 Å². The Hall–Kier alpha value is -2.22. The van der Waals surface area contributed by atoms with Gasteiger partial charge < -0.3 is 15.2 Å². The number of amides is 1. The third-order valence-electron chi connectivity index (χ3n) is 4.33. The molecule has 0 aliphatic heterocycles.